The normalized spacial score (nSPS) is 17.1. The Bertz CT molecular complexity index is 810. The molecular weight excluding hydrogens is 470 g/mol. The maximum absolute atomic E-state index is 13.0. The fourth-order valence-electron chi connectivity index (χ4n) is 2.73. The highest BCUT2D eigenvalue weighted by Gasteiger charge is 2.36. The summed E-state index contributed by atoms with van der Waals surface area (Å²) in [6, 6.07) is 3.37. The Morgan fingerprint density at radius 3 is 2.64 bits per heavy atom. The Balaban J connectivity index is 0.00000225. The highest BCUT2D eigenvalue weighted by molar-refractivity contribution is 14.1. The number of benzene rings is 1. The first-order chi connectivity index (χ1) is 11.2. The lowest BCUT2D eigenvalue weighted by atomic mass is 10.1. The van der Waals surface area contributed by atoms with Crippen molar-refractivity contribution in [2.24, 2.45) is 0 Å². The molecule has 0 aliphatic carbocycles. The van der Waals surface area contributed by atoms with Gasteiger partial charge in [-0.25, -0.2) is 0 Å². The lowest BCUT2D eigenvalue weighted by Crippen LogP contribution is -2.43. The lowest BCUT2D eigenvalue weighted by molar-refractivity contribution is -0.138. The van der Waals surface area contributed by atoms with Gasteiger partial charge in [0, 0.05) is 18.3 Å². The number of anilines is 1. The number of halogens is 4. The molecule has 3 rings (SSSR count). The molecule has 1 atom stereocenters. The number of rotatable bonds is 2. The van der Waals surface area contributed by atoms with Crippen LogP contribution in [0.5, 0.6) is 5.75 Å². The molecule has 0 unspecified atom stereocenters. The Hall–Kier alpha value is -1.43. The van der Waals surface area contributed by atoms with Gasteiger partial charge in [0.2, 0.25) is 0 Å². The summed E-state index contributed by atoms with van der Waals surface area (Å²) in [5.41, 5.74) is -0.0703. The molecule has 136 valence electrons. The zero-order chi connectivity index (χ0) is 17.6. The maximum Gasteiger partial charge on any atom is 0.419 e. The van der Waals surface area contributed by atoms with E-state index in [0.717, 1.165) is 6.07 Å². The Morgan fingerprint density at radius 2 is 2.04 bits per heavy atom. The molecule has 0 N–H and O–H groups in total. The van der Waals surface area contributed by atoms with Crippen LogP contribution in [0, 0.1) is 3.57 Å². The van der Waals surface area contributed by atoms with Crippen molar-refractivity contribution in [1.82, 2.24) is 9.78 Å². The highest BCUT2D eigenvalue weighted by Crippen LogP contribution is 2.39. The molecule has 10 heteroatoms. The van der Waals surface area contributed by atoms with E-state index in [2.05, 4.69) is 5.10 Å². The van der Waals surface area contributed by atoms with Crippen molar-refractivity contribution in [3.8, 4) is 5.75 Å². The summed E-state index contributed by atoms with van der Waals surface area (Å²) in [7, 11) is 1.17. The number of amides is 1. The zero-order valence-corrected chi connectivity index (χ0v) is 16.4. The standard InChI is InChI=1S/C15H13F3IN3O2.H2S/c1-8-7-21(14(23)13-11(19)6-20-22(8)13)9-3-4-10(15(16,17)18)12(5-9)24-2;/h3-6,8H,7H2,1-2H3;1H2/t8-;/m0./s1. The number of aromatic nitrogens is 2. The summed E-state index contributed by atoms with van der Waals surface area (Å²) >= 11 is 2.02. The fraction of sp³-hybridized carbons (Fsp3) is 0.333. The average Bonchev–Trinajstić information content (AvgIpc) is 2.92. The number of fused-ring (bicyclic) bond motifs is 1. The number of carbonyl (C=O) groups is 1. The molecule has 25 heavy (non-hydrogen) atoms. The second-order valence-electron chi connectivity index (χ2n) is 5.43. The third-order valence-corrected chi connectivity index (χ3v) is 4.65. The van der Waals surface area contributed by atoms with Crippen molar-refractivity contribution >= 4 is 47.7 Å². The minimum atomic E-state index is -4.52. The molecule has 0 bridgehead atoms. The van der Waals surface area contributed by atoms with Gasteiger partial charge < -0.3 is 9.64 Å². The smallest absolute Gasteiger partial charge is 0.419 e. The van der Waals surface area contributed by atoms with Gasteiger partial charge in [-0.05, 0) is 41.6 Å². The molecule has 1 aliphatic rings. The van der Waals surface area contributed by atoms with Crippen LogP contribution in [-0.2, 0) is 6.18 Å². The minimum absolute atomic E-state index is 0. The van der Waals surface area contributed by atoms with Crippen LogP contribution < -0.4 is 9.64 Å². The Labute approximate surface area is 162 Å². The van der Waals surface area contributed by atoms with Crippen LogP contribution >= 0.6 is 36.1 Å². The van der Waals surface area contributed by atoms with Crippen LogP contribution in [0.25, 0.3) is 0 Å². The van der Waals surface area contributed by atoms with Gasteiger partial charge in [0.05, 0.1) is 28.5 Å². The average molecular weight is 485 g/mol. The monoisotopic (exact) mass is 485 g/mol. The van der Waals surface area contributed by atoms with Gasteiger partial charge >= 0.3 is 6.18 Å². The predicted octanol–water partition coefficient (Wildman–Crippen LogP) is 3.85. The van der Waals surface area contributed by atoms with Crippen molar-refractivity contribution in [1.29, 1.82) is 0 Å². The van der Waals surface area contributed by atoms with Crippen LogP contribution in [0.2, 0.25) is 0 Å². The van der Waals surface area contributed by atoms with Crippen LogP contribution in [0.1, 0.15) is 29.0 Å². The number of ether oxygens (including phenoxy) is 1. The first-order valence-corrected chi connectivity index (χ1v) is 8.12. The Morgan fingerprint density at radius 1 is 1.36 bits per heavy atom. The number of carbonyl (C=O) groups excluding carboxylic acids is 1. The molecule has 0 radical (unpaired) electrons. The fourth-order valence-corrected chi connectivity index (χ4v) is 3.33. The number of alkyl halides is 3. The summed E-state index contributed by atoms with van der Waals surface area (Å²) in [5.74, 6) is -0.606. The van der Waals surface area contributed by atoms with E-state index in [9.17, 15) is 18.0 Å². The summed E-state index contributed by atoms with van der Waals surface area (Å²) in [6.07, 6.45) is -2.92. The molecule has 1 aromatic heterocycles. The number of methoxy groups -OCH3 is 1. The molecule has 2 aromatic rings. The molecular formula is C15H15F3IN3O2S. The molecule has 1 amide bonds. The first-order valence-electron chi connectivity index (χ1n) is 7.04. The highest BCUT2D eigenvalue weighted by atomic mass is 127. The second-order valence-corrected chi connectivity index (χ2v) is 6.59. The van der Waals surface area contributed by atoms with E-state index in [-0.39, 0.29) is 31.2 Å². The Kier molecular flexibility index (Phi) is 5.62. The molecule has 1 aliphatic heterocycles. The van der Waals surface area contributed by atoms with Crippen LogP contribution in [0.3, 0.4) is 0 Å². The SMILES string of the molecule is COc1cc(N2C[C@H](C)n3ncc(I)c3C2=O)ccc1C(F)(F)F.S. The van der Waals surface area contributed by atoms with Crippen LogP contribution in [0.4, 0.5) is 18.9 Å². The van der Waals surface area contributed by atoms with E-state index >= 15 is 0 Å². The van der Waals surface area contributed by atoms with Gasteiger partial charge in [-0.15, -0.1) is 0 Å². The second kappa shape index (κ2) is 7.06. The van der Waals surface area contributed by atoms with E-state index in [1.165, 1.54) is 24.1 Å². The van der Waals surface area contributed by atoms with Gasteiger partial charge in [-0.1, -0.05) is 0 Å². The third kappa shape index (κ3) is 3.46. The molecule has 5 nitrogen and oxygen atoms in total. The van der Waals surface area contributed by atoms with E-state index in [4.69, 9.17) is 4.74 Å². The number of nitrogens with zero attached hydrogens (tertiary/aromatic N) is 3. The summed E-state index contributed by atoms with van der Waals surface area (Å²) < 4.78 is 46.2. The van der Waals surface area contributed by atoms with Crippen LogP contribution in [0.15, 0.2) is 24.4 Å². The van der Waals surface area contributed by atoms with E-state index in [1.807, 2.05) is 29.5 Å². The minimum Gasteiger partial charge on any atom is -0.496 e. The zero-order valence-electron chi connectivity index (χ0n) is 13.3. The third-order valence-electron chi connectivity index (χ3n) is 3.87. The maximum atomic E-state index is 13.0. The number of hydrogen-bond acceptors (Lipinski definition) is 3. The molecule has 0 spiro atoms. The van der Waals surface area contributed by atoms with Crippen molar-refractivity contribution < 1.29 is 22.7 Å². The molecule has 0 saturated carbocycles. The quantitative estimate of drug-likeness (QED) is 0.608. The predicted molar refractivity (Wildman–Crippen MR) is 99.7 cm³/mol. The molecule has 1 aromatic carbocycles. The number of hydrogen-bond donors (Lipinski definition) is 0. The van der Waals surface area contributed by atoms with Crippen molar-refractivity contribution in [2.75, 3.05) is 18.6 Å². The van der Waals surface area contributed by atoms with Gasteiger partial charge in [-0.2, -0.15) is 31.8 Å². The molecule has 0 fully saturated rings. The topological polar surface area (TPSA) is 47.4 Å². The van der Waals surface area contributed by atoms with E-state index < -0.39 is 11.7 Å². The first kappa shape index (κ1) is 19.9. The van der Waals surface area contributed by atoms with Gasteiger partial charge in [0.1, 0.15) is 11.4 Å². The van der Waals surface area contributed by atoms with Crippen LogP contribution in [-0.4, -0.2) is 29.3 Å². The van der Waals surface area contributed by atoms with Crippen molar-refractivity contribution in [3.63, 3.8) is 0 Å². The van der Waals surface area contributed by atoms with Gasteiger partial charge in [-0.3, -0.25) is 9.48 Å². The van der Waals surface area contributed by atoms with E-state index in [0.29, 0.717) is 21.5 Å². The van der Waals surface area contributed by atoms with Crippen molar-refractivity contribution in [3.05, 3.63) is 39.2 Å². The van der Waals surface area contributed by atoms with Gasteiger partial charge in [0.15, 0.2) is 0 Å². The summed E-state index contributed by atoms with van der Waals surface area (Å²) in [4.78, 5) is 14.2. The molecule has 2 heterocycles. The largest absolute Gasteiger partial charge is 0.496 e. The summed E-state index contributed by atoms with van der Waals surface area (Å²) in [5, 5.41) is 4.18. The molecule has 0 saturated heterocycles. The van der Waals surface area contributed by atoms with E-state index in [1.54, 1.807) is 10.9 Å². The van der Waals surface area contributed by atoms with Gasteiger partial charge in [0.25, 0.3) is 5.91 Å². The van der Waals surface area contributed by atoms with Crippen molar-refractivity contribution in [2.45, 2.75) is 19.1 Å². The summed E-state index contributed by atoms with van der Waals surface area (Å²) in [6.45, 7) is 2.21. The lowest BCUT2D eigenvalue weighted by Gasteiger charge is -2.32.